The third-order valence-electron chi connectivity index (χ3n) is 4.54. The molecule has 3 nitrogen and oxygen atoms in total. The Morgan fingerprint density at radius 2 is 1.74 bits per heavy atom. The second kappa shape index (κ2) is 8.58. The molecule has 0 radical (unpaired) electrons. The number of carbonyl (C=O) groups is 1. The summed E-state index contributed by atoms with van der Waals surface area (Å²) < 4.78 is 13.8. The van der Waals surface area contributed by atoms with Crippen LogP contribution < -0.4 is 5.32 Å². The standard InChI is InChI=1S/C23H23FN2O/c1-16-9-14-20(17(2)26-16)23(27)25-15-5-6-18-10-12-19(13-11-18)21-7-3-4-8-22(21)24/h3-4,7-14H,5-6,15H2,1-2H3,(H,25,27). The Morgan fingerprint density at radius 3 is 2.44 bits per heavy atom. The summed E-state index contributed by atoms with van der Waals surface area (Å²) in [5.41, 5.74) is 4.91. The van der Waals surface area contributed by atoms with Crippen molar-refractivity contribution in [2.24, 2.45) is 0 Å². The first kappa shape index (κ1) is 18.8. The van der Waals surface area contributed by atoms with E-state index in [0.29, 0.717) is 17.7 Å². The summed E-state index contributed by atoms with van der Waals surface area (Å²) >= 11 is 0. The predicted octanol–water partition coefficient (Wildman–Crippen LogP) is 4.87. The highest BCUT2D eigenvalue weighted by atomic mass is 19.1. The minimum atomic E-state index is -0.214. The van der Waals surface area contributed by atoms with Gasteiger partial charge in [0.05, 0.1) is 11.3 Å². The lowest BCUT2D eigenvalue weighted by molar-refractivity contribution is 0.0952. The summed E-state index contributed by atoms with van der Waals surface area (Å²) in [6, 6.07) is 18.3. The van der Waals surface area contributed by atoms with Gasteiger partial charge in [0.25, 0.3) is 5.91 Å². The highest BCUT2D eigenvalue weighted by molar-refractivity contribution is 5.95. The Balaban J connectivity index is 1.51. The van der Waals surface area contributed by atoms with Crippen LogP contribution in [0.2, 0.25) is 0 Å². The summed E-state index contributed by atoms with van der Waals surface area (Å²) in [5.74, 6) is -0.302. The first-order chi connectivity index (χ1) is 13.0. The smallest absolute Gasteiger partial charge is 0.253 e. The third-order valence-corrected chi connectivity index (χ3v) is 4.54. The monoisotopic (exact) mass is 362 g/mol. The van der Waals surface area contributed by atoms with Crippen molar-refractivity contribution in [1.82, 2.24) is 10.3 Å². The molecule has 3 aromatic rings. The lowest BCUT2D eigenvalue weighted by atomic mass is 10.0. The zero-order valence-electron chi connectivity index (χ0n) is 15.6. The molecule has 1 amide bonds. The highest BCUT2D eigenvalue weighted by Gasteiger charge is 2.09. The molecule has 1 heterocycles. The highest BCUT2D eigenvalue weighted by Crippen LogP contribution is 2.23. The minimum absolute atomic E-state index is 0.0881. The van der Waals surface area contributed by atoms with Gasteiger partial charge < -0.3 is 5.32 Å². The lowest BCUT2D eigenvalue weighted by Gasteiger charge is -2.08. The van der Waals surface area contributed by atoms with E-state index in [9.17, 15) is 9.18 Å². The van der Waals surface area contributed by atoms with Crippen molar-refractivity contribution in [3.8, 4) is 11.1 Å². The summed E-state index contributed by atoms with van der Waals surface area (Å²) in [6.45, 7) is 4.35. The number of hydrogen-bond donors (Lipinski definition) is 1. The van der Waals surface area contributed by atoms with Crippen molar-refractivity contribution in [2.75, 3.05) is 6.54 Å². The molecule has 4 heteroatoms. The molecule has 0 atom stereocenters. The molecular weight excluding hydrogens is 339 g/mol. The van der Waals surface area contributed by atoms with Crippen molar-refractivity contribution in [3.05, 3.63) is 89.0 Å². The SMILES string of the molecule is Cc1ccc(C(=O)NCCCc2ccc(-c3ccccc3F)cc2)c(C)n1. The summed E-state index contributed by atoms with van der Waals surface area (Å²) in [6.07, 6.45) is 1.69. The van der Waals surface area contributed by atoms with E-state index in [1.54, 1.807) is 12.1 Å². The molecule has 0 aliphatic heterocycles. The van der Waals surface area contributed by atoms with Crippen molar-refractivity contribution in [2.45, 2.75) is 26.7 Å². The van der Waals surface area contributed by atoms with E-state index in [1.165, 1.54) is 6.07 Å². The number of rotatable bonds is 6. The van der Waals surface area contributed by atoms with E-state index in [-0.39, 0.29) is 11.7 Å². The van der Waals surface area contributed by atoms with Gasteiger partial charge in [-0.3, -0.25) is 9.78 Å². The number of benzene rings is 2. The van der Waals surface area contributed by atoms with Gasteiger partial charge in [-0.25, -0.2) is 4.39 Å². The molecule has 3 rings (SSSR count). The number of aromatic nitrogens is 1. The Bertz CT molecular complexity index is 935. The molecule has 0 saturated carbocycles. The normalized spacial score (nSPS) is 10.6. The Kier molecular flexibility index (Phi) is 5.97. The molecule has 0 fully saturated rings. The van der Waals surface area contributed by atoms with Gasteiger partial charge in [0, 0.05) is 17.8 Å². The summed E-state index contributed by atoms with van der Waals surface area (Å²) in [4.78, 5) is 16.6. The van der Waals surface area contributed by atoms with Gasteiger partial charge in [-0.1, -0.05) is 42.5 Å². The van der Waals surface area contributed by atoms with Crippen LogP contribution in [0.1, 0.15) is 33.7 Å². The number of nitrogens with zero attached hydrogens (tertiary/aromatic N) is 1. The van der Waals surface area contributed by atoms with Crippen molar-refractivity contribution in [1.29, 1.82) is 0 Å². The maximum atomic E-state index is 13.8. The molecule has 0 bridgehead atoms. The molecule has 1 aromatic heterocycles. The fraction of sp³-hybridized carbons (Fsp3) is 0.217. The fourth-order valence-corrected chi connectivity index (χ4v) is 3.06. The molecule has 1 N–H and O–H groups in total. The third kappa shape index (κ3) is 4.79. The van der Waals surface area contributed by atoms with E-state index in [4.69, 9.17) is 0 Å². The number of amides is 1. The van der Waals surface area contributed by atoms with Gasteiger partial charge in [0.15, 0.2) is 0 Å². The average Bonchev–Trinajstić information content (AvgIpc) is 2.66. The van der Waals surface area contributed by atoms with Crippen LogP contribution in [0, 0.1) is 19.7 Å². The molecular formula is C23H23FN2O. The van der Waals surface area contributed by atoms with E-state index in [0.717, 1.165) is 35.4 Å². The van der Waals surface area contributed by atoms with Gasteiger partial charge in [-0.05, 0) is 56.0 Å². The Hall–Kier alpha value is -3.01. The van der Waals surface area contributed by atoms with Crippen LogP contribution in [0.4, 0.5) is 4.39 Å². The van der Waals surface area contributed by atoms with Crippen molar-refractivity contribution in [3.63, 3.8) is 0 Å². The number of aryl methyl sites for hydroxylation is 3. The van der Waals surface area contributed by atoms with Crippen LogP contribution in [0.3, 0.4) is 0 Å². The van der Waals surface area contributed by atoms with Gasteiger partial charge in [-0.2, -0.15) is 0 Å². The topological polar surface area (TPSA) is 42.0 Å². The molecule has 138 valence electrons. The van der Waals surface area contributed by atoms with E-state index in [1.807, 2.05) is 56.3 Å². The number of nitrogens with one attached hydrogen (secondary N) is 1. The minimum Gasteiger partial charge on any atom is -0.352 e. The molecule has 0 spiro atoms. The molecule has 2 aromatic carbocycles. The predicted molar refractivity (Wildman–Crippen MR) is 106 cm³/mol. The van der Waals surface area contributed by atoms with E-state index in [2.05, 4.69) is 10.3 Å². The maximum Gasteiger partial charge on any atom is 0.253 e. The zero-order valence-corrected chi connectivity index (χ0v) is 15.6. The second-order valence-corrected chi connectivity index (χ2v) is 6.62. The molecule has 0 unspecified atom stereocenters. The van der Waals surface area contributed by atoms with Crippen LogP contribution in [0.5, 0.6) is 0 Å². The number of pyridine rings is 1. The number of carbonyl (C=O) groups excluding carboxylic acids is 1. The number of hydrogen-bond acceptors (Lipinski definition) is 2. The van der Waals surface area contributed by atoms with E-state index < -0.39 is 0 Å². The first-order valence-corrected chi connectivity index (χ1v) is 9.11. The Morgan fingerprint density at radius 1 is 1.00 bits per heavy atom. The lowest BCUT2D eigenvalue weighted by Crippen LogP contribution is -2.25. The van der Waals surface area contributed by atoms with Gasteiger partial charge >= 0.3 is 0 Å². The van der Waals surface area contributed by atoms with Crippen LogP contribution in [-0.2, 0) is 6.42 Å². The second-order valence-electron chi connectivity index (χ2n) is 6.62. The van der Waals surface area contributed by atoms with Gasteiger partial charge in [0.1, 0.15) is 5.82 Å². The zero-order chi connectivity index (χ0) is 19.2. The fourth-order valence-electron chi connectivity index (χ4n) is 3.06. The molecule has 0 aliphatic rings. The summed E-state index contributed by atoms with van der Waals surface area (Å²) in [7, 11) is 0. The molecule has 0 aliphatic carbocycles. The maximum absolute atomic E-state index is 13.8. The quantitative estimate of drug-likeness (QED) is 0.636. The van der Waals surface area contributed by atoms with Crippen LogP contribution >= 0.6 is 0 Å². The Labute approximate surface area is 159 Å². The molecule has 27 heavy (non-hydrogen) atoms. The summed E-state index contributed by atoms with van der Waals surface area (Å²) in [5, 5.41) is 2.95. The first-order valence-electron chi connectivity index (χ1n) is 9.11. The largest absolute Gasteiger partial charge is 0.352 e. The van der Waals surface area contributed by atoms with Crippen LogP contribution in [-0.4, -0.2) is 17.4 Å². The van der Waals surface area contributed by atoms with Crippen molar-refractivity contribution < 1.29 is 9.18 Å². The molecule has 0 saturated heterocycles. The van der Waals surface area contributed by atoms with Crippen LogP contribution in [0.25, 0.3) is 11.1 Å². The average molecular weight is 362 g/mol. The van der Waals surface area contributed by atoms with Gasteiger partial charge in [0.2, 0.25) is 0 Å². The van der Waals surface area contributed by atoms with Crippen molar-refractivity contribution >= 4 is 5.91 Å². The van der Waals surface area contributed by atoms with Crippen LogP contribution in [0.15, 0.2) is 60.7 Å². The van der Waals surface area contributed by atoms with E-state index >= 15 is 0 Å². The van der Waals surface area contributed by atoms with Gasteiger partial charge in [-0.15, -0.1) is 0 Å². The number of halogens is 1.